The summed E-state index contributed by atoms with van der Waals surface area (Å²) in [6.45, 7) is 3.10. The van der Waals surface area contributed by atoms with Gasteiger partial charge in [-0.3, -0.25) is 0 Å². The third kappa shape index (κ3) is 1.40. The molecule has 0 aliphatic rings. The average molecular weight is 193 g/mol. The molecule has 0 spiro atoms. The monoisotopic (exact) mass is 192 g/mol. The van der Waals surface area contributed by atoms with E-state index in [1.54, 1.807) is 0 Å². The van der Waals surface area contributed by atoms with Crippen molar-refractivity contribution in [2.75, 3.05) is 0 Å². The maximum atomic E-state index is 6.07. The van der Waals surface area contributed by atoms with Crippen LogP contribution in [-0.4, -0.2) is 0 Å². The molecule has 0 unspecified atom stereocenters. The van der Waals surface area contributed by atoms with Gasteiger partial charge in [0.15, 0.2) is 6.20 Å². The summed E-state index contributed by atoms with van der Waals surface area (Å²) in [4.78, 5) is 0. The van der Waals surface area contributed by atoms with Crippen LogP contribution < -0.4 is 4.57 Å². The first kappa shape index (κ1) is 8.52. The zero-order valence-corrected chi connectivity index (χ0v) is 8.25. The third-order valence-electron chi connectivity index (χ3n) is 2.21. The highest BCUT2D eigenvalue weighted by Gasteiger charge is 2.07. The molecule has 1 heterocycles. The maximum absolute atomic E-state index is 6.07. The van der Waals surface area contributed by atoms with E-state index in [0.29, 0.717) is 0 Å². The van der Waals surface area contributed by atoms with Crippen LogP contribution in [0.4, 0.5) is 0 Å². The lowest BCUT2D eigenvalue weighted by Crippen LogP contribution is -2.32. The van der Waals surface area contributed by atoms with Crippen molar-refractivity contribution in [2.45, 2.75) is 13.5 Å². The predicted molar refractivity (Wildman–Crippen MR) is 54.8 cm³/mol. The number of aryl methyl sites for hydroxylation is 1. The first-order valence-corrected chi connectivity index (χ1v) is 4.77. The Hall–Kier alpha value is -1.08. The van der Waals surface area contributed by atoms with Gasteiger partial charge in [0.1, 0.15) is 6.54 Å². The van der Waals surface area contributed by atoms with E-state index in [9.17, 15) is 0 Å². The molecule has 1 nitrogen and oxygen atoms in total. The molecule has 0 aliphatic carbocycles. The maximum Gasteiger partial charge on any atom is 0.213 e. The van der Waals surface area contributed by atoms with Crippen molar-refractivity contribution in [2.24, 2.45) is 0 Å². The SMILES string of the molecule is CC[n+]1ccc(Cl)c2ccccc21. The molecule has 0 saturated heterocycles. The molecular formula is C11H11ClN+. The van der Waals surface area contributed by atoms with Gasteiger partial charge in [-0.05, 0) is 13.0 Å². The molecule has 0 aliphatic heterocycles. The lowest BCUT2D eigenvalue weighted by atomic mass is 10.2. The van der Waals surface area contributed by atoms with E-state index in [-0.39, 0.29) is 0 Å². The molecule has 2 rings (SSSR count). The van der Waals surface area contributed by atoms with E-state index >= 15 is 0 Å². The average Bonchev–Trinajstić information content (AvgIpc) is 2.19. The minimum atomic E-state index is 0.820. The predicted octanol–water partition coefficient (Wildman–Crippen LogP) is 2.80. The molecule has 1 aromatic carbocycles. The lowest BCUT2D eigenvalue weighted by Gasteiger charge is -1.99. The van der Waals surface area contributed by atoms with Crippen molar-refractivity contribution in [3.05, 3.63) is 41.6 Å². The van der Waals surface area contributed by atoms with E-state index in [1.165, 1.54) is 5.52 Å². The number of benzene rings is 1. The Morgan fingerprint density at radius 3 is 2.77 bits per heavy atom. The first-order chi connectivity index (χ1) is 6.33. The third-order valence-corrected chi connectivity index (χ3v) is 2.54. The molecule has 0 amide bonds. The molecular weight excluding hydrogens is 182 g/mol. The van der Waals surface area contributed by atoms with Crippen molar-refractivity contribution in [3.8, 4) is 0 Å². The van der Waals surface area contributed by atoms with E-state index < -0.39 is 0 Å². The molecule has 0 bridgehead atoms. The summed E-state index contributed by atoms with van der Waals surface area (Å²) in [5, 5.41) is 1.94. The minimum absolute atomic E-state index is 0.820. The van der Waals surface area contributed by atoms with Crippen LogP contribution in [0.15, 0.2) is 36.5 Å². The van der Waals surface area contributed by atoms with Crippen molar-refractivity contribution in [1.29, 1.82) is 0 Å². The Kier molecular flexibility index (Phi) is 2.19. The number of hydrogen-bond acceptors (Lipinski definition) is 0. The summed E-state index contributed by atoms with van der Waals surface area (Å²) in [6.07, 6.45) is 2.02. The van der Waals surface area contributed by atoms with E-state index in [4.69, 9.17) is 11.6 Å². The first-order valence-electron chi connectivity index (χ1n) is 4.39. The fourth-order valence-electron chi connectivity index (χ4n) is 1.53. The van der Waals surface area contributed by atoms with Crippen LogP contribution in [0.5, 0.6) is 0 Å². The molecule has 0 saturated carbocycles. The molecule has 0 N–H and O–H groups in total. The molecule has 0 fully saturated rings. The van der Waals surface area contributed by atoms with Gasteiger partial charge >= 0.3 is 0 Å². The number of aromatic nitrogens is 1. The van der Waals surface area contributed by atoms with Crippen LogP contribution in [0.3, 0.4) is 0 Å². The standard InChI is InChI=1S/C11H11ClN/c1-2-13-8-7-10(12)9-5-3-4-6-11(9)13/h3-8H,2H2,1H3/q+1. The molecule has 2 heteroatoms. The second kappa shape index (κ2) is 3.35. The molecule has 1 aromatic heterocycles. The van der Waals surface area contributed by atoms with Crippen LogP contribution >= 0.6 is 11.6 Å². The molecule has 2 aromatic rings. The largest absolute Gasteiger partial charge is 0.213 e. The number of pyridine rings is 1. The molecule has 66 valence electrons. The molecule has 0 atom stereocenters. The van der Waals surface area contributed by atoms with E-state index in [2.05, 4.69) is 17.6 Å². The van der Waals surface area contributed by atoms with E-state index in [1.807, 2.05) is 30.5 Å². The fraction of sp³-hybridized carbons (Fsp3) is 0.182. The summed E-state index contributed by atoms with van der Waals surface area (Å²) in [6, 6.07) is 10.1. The highest BCUT2D eigenvalue weighted by atomic mass is 35.5. The van der Waals surface area contributed by atoms with Crippen molar-refractivity contribution >= 4 is 22.5 Å². The Morgan fingerprint density at radius 2 is 2.00 bits per heavy atom. The number of rotatable bonds is 1. The number of hydrogen-bond donors (Lipinski definition) is 0. The van der Waals surface area contributed by atoms with Crippen molar-refractivity contribution < 1.29 is 4.57 Å². The van der Waals surface area contributed by atoms with Gasteiger partial charge in [0.05, 0.1) is 10.4 Å². The van der Waals surface area contributed by atoms with Crippen LogP contribution in [0.1, 0.15) is 6.92 Å². The summed E-state index contributed by atoms with van der Waals surface area (Å²) >= 11 is 6.07. The van der Waals surface area contributed by atoms with Gasteiger partial charge in [0.2, 0.25) is 5.52 Å². The second-order valence-corrected chi connectivity index (χ2v) is 3.37. The Morgan fingerprint density at radius 1 is 1.23 bits per heavy atom. The summed E-state index contributed by atoms with van der Waals surface area (Å²) in [5.74, 6) is 0. The van der Waals surface area contributed by atoms with Crippen molar-refractivity contribution in [1.82, 2.24) is 0 Å². The van der Waals surface area contributed by atoms with Gasteiger partial charge < -0.3 is 0 Å². The highest BCUT2D eigenvalue weighted by Crippen LogP contribution is 2.19. The quantitative estimate of drug-likeness (QED) is 0.612. The zero-order chi connectivity index (χ0) is 9.26. The van der Waals surface area contributed by atoms with Gasteiger partial charge in [-0.25, -0.2) is 0 Å². The number of para-hydroxylation sites is 1. The Labute approximate surface area is 82.6 Å². The van der Waals surface area contributed by atoms with Crippen molar-refractivity contribution in [3.63, 3.8) is 0 Å². The zero-order valence-electron chi connectivity index (χ0n) is 7.50. The number of fused-ring (bicyclic) bond motifs is 1. The van der Waals surface area contributed by atoms with Gasteiger partial charge in [-0.1, -0.05) is 23.7 Å². The number of halogens is 1. The van der Waals surface area contributed by atoms with Gasteiger partial charge in [-0.2, -0.15) is 4.57 Å². The van der Waals surface area contributed by atoms with Crippen LogP contribution in [0.25, 0.3) is 10.9 Å². The topological polar surface area (TPSA) is 3.88 Å². The Bertz CT molecular complexity index is 437. The lowest BCUT2D eigenvalue weighted by molar-refractivity contribution is -0.667. The van der Waals surface area contributed by atoms with Gasteiger partial charge in [-0.15, -0.1) is 0 Å². The molecule has 13 heavy (non-hydrogen) atoms. The smallest absolute Gasteiger partial charge is 0.199 e. The van der Waals surface area contributed by atoms with Gasteiger partial charge in [0.25, 0.3) is 0 Å². The van der Waals surface area contributed by atoms with Crippen LogP contribution in [0.2, 0.25) is 5.02 Å². The Balaban J connectivity index is 2.84. The highest BCUT2D eigenvalue weighted by molar-refractivity contribution is 6.35. The second-order valence-electron chi connectivity index (χ2n) is 2.97. The summed E-state index contributed by atoms with van der Waals surface area (Å²) in [5.41, 5.74) is 1.19. The fourth-order valence-corrected chi connectivity index (χ4v) is 1.74. The normalized spacial score (nSPS) is 10.6. The molecule has 0 radical (unpaired) electrons. The number of nitrogens with zero attached hydrogens (tertiary/aromatic N) is 1. The van der Waals surface area contributed by atoms with E-state index in [0.717, 1.165) is 17.0 Å². The summed E-state index contributed by atoms with van der Waals surface area (Å²) < 4.78 is 2.18. The van der Waals surface area contributed by atoms with Crippen LogP contribution in [-0.2, 0) is 6.54 Å². The van der Waals surface area contributed by atoms with Gasteiger partial charge in [0, 0.05) is 12.1 Å². The minimum Gasteiger partial charge on any atom is -0.199 e. The van der Waals surface area contributed by atoms with Crippen LogP contribution in [0, 0.1) is 0 Å². The summed E-state index contributed by atoms with van der Waals surface area (Å²) in [7, 11) is 0.